The largest absolute Gasteiger partial charge is 0.344 e. The number of hydrogen-bond donors (Lipinski definition) is 0. The van der Waals surface area contributed by atoms with Crippen molar-refractivity contribution in [3.63, 3.8) is 0 Å². The van der Waals surface area contributed by atoms with E-state index >= 15 is 0 Å². The van der Waals surface area contributed by atoms with Gasteiger partial charge in [0.2, 0.25) is 0 Å². The van der Waals surface area contributed by atoms with Gasteiger partial charge in [-0.15, -0.1) is 0 Å². The Balaban J connectivity index is 1.66. The molecule has 3 aromatic rings. The average Bonchev–Trinajstić information content (AvgIpc) is 3.29. The number of hydrogen-bond acceptors (Lipinski definition) is 4. The van der Waals surface area contributed by atoms with Gasteiger partial charge in [0.15, 0.2) is 0 Å². The topological polar surface area (TPSA) is 83.5 Å². The number of nitrogens with zero attached hydrogens (tertiary/aromatic N) is 5. The van der Waals surface area contributed by atoms with Crippen molar-refractivity contribution in [2.75, 3.05) is 18.5 Å². The molecule has 0 aliphatic carbocycles. The fourth-order valence-electron chi connectivity index (χ4n) is 3.60. The van der Waals surface area contributed by atoms with E-state index < -0.39 is 0 Å². The Bertz CT molecular complexity index is 1250. The molecule has 0 radical (unpaired) electrons. The second kappa shape index (κ2) is 8.71. The Hall–Kier alpha value is -4.49. The minimum Gasteiger partial charge on any atom is -0.296 e. The van der Waals surface area contributed by atoms with Crippen LogP contribution < -0.4 is 4.90 Å². The highest BCUT2D eigenvalue weighted by molar-refractivity contribution is 6.08. The quantitative estimate of drug-likeness (QED) is 0.616. The van der Waals surface area contributed by atoms with Crippen molar-refractivity contribution in [2.24, 2.45) is 5.10 Å². The van der Waals surface area contributed by atoms with Crippen LogP contribution >= 0.6 is 0 Å². The summed E-state index contributed by atoms with van der Waals surface area (Å²) in [4.78, 5) is 14.7. The van der Waals surface area contributed by atoms with Crippen LogP contribution in [0.2, 0.25) is 0 Å². The Labute approximate surface area is 185 Å². The zero-order chi connectivity index (χ0) is 22.7. The zero-order valence-electron chi connectivity index (χ0n) is 17.2. The number of carbonyl (C=O) groups excluding carboxylic acids is 1. The minimum atomic E-state index is -0.336. The molecular formula is C25H18FN5O. The van der Waals surface area contributed by atoms with Crippen LogP contribution in [0.15, 0.2) is 77.9 Å². The van der Waals surface area contributed by atoms with Gasteiger partial charge >= 0.3 is 6.03 Å². The van der Waals surface area contributed by atoms with Crippen LogP contribution in [0, 0.1) is 28.5 Å². The average molecular weight is 423 g/mol. The second-order valence-corrected chi connectivity index (χ2v) is 7.36. The number of halogens is 1. The molecule has 1 aliphatic rings. The number of benzene rings is 3. The van der Waals surface area contributed by atoms with Crippen LogP contribution in [0.3, 0.4) is 0 Å². The van der Waals surface area contributed by atoms with Crippen LogP contribution in [0.1, 0.15) is 28.2 Å². The maximum Gasteiger partial charge on any atom is 0.344 e. The lowest BCUT2D eigenvalue weighted by Gasteiger charge is -2.22. The molecular weight excluding hydrogens is 405 g/mol. The number of carbonyl (C=O) groups is 1. The Morgan fingerprint density at radius 2 is 1.53 bits per heavy atom. The molecule has 156 valence electrons. The molecule has 0 aromatic heterocycles. The van der Waals surface area contributed by atoms with Gasteiger partial charge in [-0.2, -0.15) is 15.6 Å². The van der Waals surface area contributed by atoms with E-state index in [0.717, 1.165) is 11.1 Å². The molecule has 0 N–H and O–H groups in total. The highest BCUT2D eigenvalue weighted by atomic mass is 19.1. The van der Waals surface area contributed by atoms with Gasteiger partial charge in [-0.1, -0.05) is 24.3 Å². The Morgan fingerprint density at radius 3 is 2.09 bits per heavy atom. The highest BCUT2D eigenvalue weighted by Crippen LogP contribution is 2.30. The number of hydrazone groups is 1. The summed E-state index contributed by atoms with van der Waals surface area (Å²) in [6.45, 7) is 0.292. The fourth-order valence-corrected chi connectivity index (χ4v) is 3.60. The lowest BCUT2D eigenvalue weighted by atomic mass is 9.90. The summed E-state index contributed by atoms with van der Waals surface area (Å²) < 4.78 is 13.5. The summed E-state index contributed by atoms with van der Waals surface area (Å²) >= 11 is 0. The first-order valence-electron chi connectivity index (χ1n) is 9.90. The molecule has 0 saturated heterocycles. The van der Waals surface area contributed by atoms with Crippen molar-refractivity contribution in [3.8, 4) is 12.1 Å². The Morgan fingerprint density at radius 1 is 0.969 bits per heavy atom. The third kappa shape index (κ3) is 4.05. The molecule has 0 saturated carbocycles. The number of nitriles is 2. The molecule has 1 unspecified atom stereocenters. The van der Waals surface area contributed by atoms with Crippen molar-refractivity contribution in [3.05, 3.63) is 101 Å². The van der Waals surface area contributed by atoms with E-state index in [1.807, 2.05) is 0 Å². The van der Waals surface area contributed by atoms with Gasteiger partial charge < -0.3 is 0 Å². The normalized spacial score (nSPS) is 14.9. The number of amides is 2. The first-order valence-corrected chi connectivity index (χ1v) is 9.90. The van der Waals surface area contributed by atoms with Gasteiger partial charge in [-0.05, 0) is 59.7 Å². The second-order valence-electron chi connectivity index (χ2n) is 7.36. The monoisotopic (exact) mass is 423 g/mol. The molecule has 6 nitrogen and oxygen atoms in total. The van der Waals surface area contributed by atoms with Crippen LogP contribution in [0.25, 0.3) is 0 Å². The molecule has 1 aliphatic heterocycles. The molecule has 3 aromatic carbocycles. The van der Waals surface area contributed by atoms with Crippen LogP contribution in [-0.2, 0) is 0 Å². The lowest BCUT2D eigenvalue weighted by Crippen LogP contribution is -2.37. The highest BCUT2D eigenvalue weighted by Gasteiger charge is 2.33. The minimum absolute atomic E-state index is 0.248. The van der Waals surface area contributed by atoms with Gasteiger partial charge in [0.25, 0.3) is 0 Å². The van der Waals surface area contributed by atoms with Gasteiger partial charge in [-0.25, -0.2) is 14.2 Å². The van der Waals surface area contributed by atoms with E-state index in [9.17, 15) is 9.18 Å². The van der Waals surface area contributed by atoms with E-state index in [1.54, 1.807) is 67.7 Å². The van der Waals surface area contributed by atoms with Gasteiger partial charge in [-0.3, -0.25) is 4.90 Å². The molecule has 4 rings (SSSR count). The van der Waals surface area contributed by atoms with Crippen molar-refractivity contribution in [1.29, 1.82) is 10.5 Å². The predicted octanol–water partition coefficient (Wildman–Crippen LogP) is 4.63. The summed E-state index contributed by atoms with van der Waals surface area (Å²) in [6.07, 6.45) is 0. The molecule has 0 spiro atoms. The molecule has 7 heteroatoms. The fraction of sp³-hybridized carbons (Fsp3) is 0.120. The van der Waals surface area contributed by atoms with Crippen LogP contribution in [-0.4, -0.2) is 30.3 Å². The zero-order valence-corrected chi connectivity index (χ0v) is 17.2. The van der Waals surface area contributed by atoms with Crippen molar-refractivity contribution >= 4 is 17.4 Å². The summed E-state index contributed by atoms with van der Waals surface area (Å²) in [7, 11) is 1.64. The maximum atomic E-state index is 13.5. The van der Waals surface area contributed by atoms with Crippen molar-refractivity contribution in [1.82, 2.24) is 5.01 Å². The third-order valence-electron chi connectivity index (χ3n) is 5.39. The molecule has 1 heterocycles. The standard InChI is InChI=1S/C25H18FN5O/c1-30(22-12-4-18(15-28)5-13-22)25(32)31-16-23(19-8-10-21(26)11-9-19)24(29-31)20-6-2-17(14-27)3-7-20/h2-13,23H,16H2,1H3. The maximum absolute atomic E-state index is 13.5. The van der Waals surface area contributed by atoms with Gasteiger partial charge in [0, 0.05) is 18.7 Å². The van der Waals surface area contributed by atoms with E-state index in [-0.39, 0.29) is 17.8 Å². The van der Waals surface area contributed by atoms with Crippen molar-refractivity contribution < 1.29 is 9.18 Å². The molecule has 1 atom stereocenters. The third-order valence-corrected chi connectivity index (χ3v) is 5.39. The smallest absolute Gasteiger partial charge is 0.296 e. The summed E-state index contributed by atoms with van der Waals surface area (Å²) in [5, 5.41) is 24.0. The molecule has 32 heavy (non-hydrogen) atoms. The summed E-state index contributed by atoms with van der Waals surface area (Å²) in [6, 6.07) is 23.7. The van der Waals surface area contributed by atoms with Crippen LogP contribution in [0.5, 0.6) is 0 Å². The van der Waals surface area contributed by atoms with E-state index in [4.69, 9.17) is 10.5 Å². The molecule has 0 fully saturated rings. The first-order chi connectivity index (χ1) is 15.5. The summed E-state index contributed by atoms with van der Waals surface area (Å²) in [5.74, 6) is -0.584. The van der Waals surface area contributed by atoms with E-state index in [2.05, 4.69) is 17.2 Å². The SMILES string of the molecule is CN(C(=O)N1CC(c2ccc(F)cc2)C(c2ccc(C#N)cc2)=N1)c1ccc(C#N)cc1. The van der Waals surface area contributed by atoms with Gasteiger partial charge in [0.05, 0.1) is 35.5 Å². The van der Waals surface area contributed by atoms with Gasteiger partial charge in [0.1, 0.15) is 5.82 Å². The van der Waals surface area contributed by atoms with Crippen LogP contribution in [0.4, 0.5) is 14.9 Å². The van der Waals surface area contributed by atoms with E-state index in [0.29, 0.717) is 29.1 Å². The lowest BCUT2D eigenvalue weighted by molar-refractivity contribution is 0.212. The number of anilines is 1. The first kappa shape index (κ1) is 20.8. The van der Waals surface area contributed by atoms with E-state index in [1.165, 1.54) is 22.0 Å². The number of rotatable bonds is 3. The van der Waals surface area contributed by atoms with Crippen molar-refractivity contribution in [2.45, 2.75) is 5.92 Å². The molecule has 2 amide bonds. The molecule has 0 bridgehead atoms. The summed E-state index contributed by atoms with van der Waals surface area (Å²) in [5.41, 5.74) is 3.96. The Kier molecular flexibility index (Phi) is 5.65. The number of urea groups is 1. The predicted molar refractivity (Wildman–Crippen MR) is 118 cm³/mol.